The minimum absolute atomic E-state index is 0. The maximum absolute atomic E-state index is 2.42. The van der Waals surface area contributed by atoms with Crippen LogP contribution in [0.5, 0.6) is 0 Å². The molecule has 0 nitrogen and oxygen atoms in total. The van der Waals surface area contributed by atoms with E-state index in [2.05, 4.69) is 113 Å². The van der Waals surface area contributed by atoms with Gasteiger partial charge in [0.15, 0.2) is 0 Å². The predicted octanol–water partition coefficient (Wildman–Crippen LogP) is -3.25. The summed E-state index contributed by atoms with van der Waals surface area (Å²) in [6.45, 7) is 11.3. The summed E-state index contributed by atoms with van der Waals surface area (Å²) in [6.07, 6.45) is 0. The first kappa shape index (κ1) is 32.8. The first-order chi connectivity index (χ1) is 14.5. The summed E-state index contributed by atoms with van der Waals surface area (Å²) in [4.78, 5) is 0. The van der Waals surface area contributed by atoms with Crippen LogP contribution in [0.15, 0.2) is 78.9 Å². The zero-order chi connectivity index (χ0) is 21.3. The molecule has 34 heavy (non-hydrogen) atoms. The van der Waals surface area contributed by atoms with Crippen LogP contribution in [0.25, 0.3) is 11.1 Å². The summed E-state index contributed by atoms with van der Waals surface area (Å²) in [5, 5.41) is 3.08. The van der Waals surface area contributed by atoms with E-state index >= 15 is 0 Å². The first-order valence-corrected chi connectivity index (χ1v) is 12.9. The van der Waals surface area contributed by atoms with Crippen LogP contribution in [0, 0.1) is 34.6 Å². The van der Waals surface area contributed by atoms with E-state index in [-0.39, 0.29) is 58.9 Å². The summed E-state index contributed by atoms with van der Waals surface area (Å²) in [5.41, 5.74) is 11.4. The molecule has 0 bridgehead atoms. The quantitative estimate of drug-likeness (QED) is 0.178. The average Bonchev–Trinajstić information content (AvgIpc) is 2.96. The SMILES string of the molecule is Cc1cccc([SiH](C[c-]2c(C)c(C)c(C)c2-c2ccccc2)c2cccc(C)c2)c1.[Cl-].[Cl-].[Cl-].[Ti+4]. The van der Waals surface area contributed by atoms with Crippen LogP contribution in [-0.4, -0.2) is 8.80 Å². The number of hydrogen-bond donors (Lipinski definition) is 0. The van der Waals surface area contributed by atoms with Crippen molar-refractivity contribution >= 4 is 19.2 Å². The molecule has 4 aromatic carbocycles. The molecule has 0 saturated carbocycles. The Kier molecular flexibility index (Phi) is 13.9. The molecule has 0 amide bonds. The Bertz CT molecular complexity index is 1140. The minimum atomic E-state index is -1.42. The number of halogens is 3. The van der Waals surface area contributed by atoms with E-state index in [1.807, 2.05) is 0 Å². The summed E-state index contributed by atoms with van der Waals surface area (Å²) in [7, 11) is -1.42. The van der Waals surface area contributed by atoms with Gasteiger partial charge in [-0.2, -0.15) is 11.1 Å². The monoisotopic (exact) mass is 560 g/mol. The van der Waals surface area contributed by atoms with Crippen molar-refractivity contribution in [2.24, 2.45) is 0 Å². The molecular formula is C29H31Cl3SiTi. The Hall–Kier alpha value is -1.19. The van der Waals surface area contributed by atoms with Gasteiger partial charge in [0.25, 0.3) is 0 Å². The van der Waals surface area contributed by atoms with Gasteiger partial charge in [0, 0.05) is 0 Å². The average molecular weight is 562 g/mol. The smallest absolute Gasteiger partial charge is 1.00 e. The van der Waals surface area contributed by atoms with Gasteiger partial charge in [0.1, 0.15) is 0 Å². The summed E-state index contributed by atoms with van der Waals surface area (Å²) < 4.78 is 0. The van der Waals surface area contributed by atoms with Crippen molar-refractivity contribution < 1.29 is 58.9 Å². The Morgan fingerprint density at radius 1 is 0.618 bits per heavy atom. The molecule has 5 heteroatoms. The van der Waals surface area contributed by atoms with Crippen LogP contribution >= 0.6 is 0 Å². The molecule has 0 radical (unpaired) electrons. The molecule has 0 atom stereocenters. The molecule has 0 aromatic heterocycles. The van der Waals surface area contributed by atoms with E-state index < -0.39 is 8.80 Å². The molecule has 0 heterocycles. The van der Waals surface area contributed by atoms with Crippen molar-refractivity contribution in [1.29, 1.82) is 0 Å². The van der Waals surface area contributed by atoms with Gasteiger partial charge in [0.05, 0.1) is 8.80 Å². The Morgan fingerprint density at radius 2 is 1.12 bits per heavy atom. The first-order valence-electron chi connectivity index (χ1n) is 10.9. The summed E-state index contributed by atoms with van der Waals surface area (Å²) >= 11 is 0. The van der Waals surface area contributed by atoms with E-state index in [4.69, 9.17) is 0 Å². The molecule has 0 unspecified atom stereocenters. The normalized spacial score (nSPS) is 9.94. The topological polar surface area (TPSA) is 0 Å². The minimum Gasteiger partial charge on any atom is -1.00 e. The maximum atomic E-state index is 2.42. The molecule has 4 aromatic rings. The van der Waals surface area contributed by atoms with Crippen LogP contribution in [0.1, 0.15) is 33.4 Å². The van der Waals surface area contributed by atoms with Crippen molar-refractivity contribution in [3.05, 3.63) is 112 Å². The van der Waals surface area contributed by atoms with Gasteiger partial charge in [-0.05, 0) is 13.8 Å². The molecule has 4 rings (SSSR count). The van der Waals surface area contributed by atoms with Gasteiger partial charge in [-0.1, -0.05) is 133 Å². The molecule has 0 aliphatic rings. The van der Waals surface area contributed by atoms with E-state index in [0.29, 0.717) is 0 Å². The van der Waals surface area contributed by atoms with E-state index in [0.717, 1.165) is 6.04 Å². The molecular weight excluding hydrogens is 531 g/mol. The largest absolute Gasteiger partial charge is 4.00 e. The Morgan fingerprint density at radius 3 is 1.59 bits per heavy atom. The van der Waals surface area contributed by atoms with E-state index in [1.54, 1.807) is 5.56 Å². The van der Waals surface area contributed by atoms with Gasteiger partial charge in [-0.3, -0.25) is 0 Å². The fourth-order valence-corrected chi connectivity index (χ4v) is 8.16. The van der Waals surface area contributed by atoms with Crippen molar-refractivity contribution in [1.82, 2.24) is 0 Å². The second-order valence-electron chi connectivity index (χ2n) is 8.68. The molecule has 0 aliphatic heterocycles. The van der Waals surface area contributed by atoms with Gasteiger partial charge in [-0.25, -0.2) is 0 Å². The molecule has 0 spiro atoms. The third-order valence-electron chi connectivity index (χ3n) is 6.61. The van der Waals surface area contributed by atoms with Crippen LogP contribution in [0.3, 0.4) is 0 Å². The second kappa shape index (κ2) is 14.4. The zero-order valence-corrected chi connectivity index (χ0v) is 25.4. The number of aryl methyl sites for hydroxylation is 2. The van der Waals surface area contributed by atoms with Gasteiger partial charge >= 0.3 is 21.7 Å². The van der Waals surface area contributed by atoms with Crippen LogP contribution in [-0.2, 0) is 27.8 Å². The van der Waals surface area contributed by atoms with Crippen LogP contribution in [0.4, 0.5) is 0 Å². The second-order valence-corrected chi connectivity index (χ2v) is 11.5. The molecule has 0 N–H and O–H groups in total. The van der Waals surface area contributed by atoms with Crippen LogP contribution < -0.4 is 47.6 Å². The van der Waals surface area contributed by atoms with Crippen molar-refractivity contribution in [2.45, 2.75) is 40.7 Å². The molecule has 0 saturated heterocycles. The van der Waals surface area contributed by atoms with E-state index in [1.165, 1.54) is 49.3 Å². The fraction of sp³-hybridized carbons (Fsp3) is 0.207. The Labute approximate surface area is 240 Å². The van der Waals surface area contributed by atoms with Gasteiger partial charge < -0.3 is 37.2 Å². The zero-order valence-electron chi connectivity index (χ0n) is 20.4. The van der Waals surface area contributed by atoms with Crippen molar-refractivity contribution in [3.8, 4) is 11.1 Å². The number of hydrogen-bond acceptors (Lipinski definition) is 0. The van der Waals surface area contributed by atoms with Crippen molar-refractivity contribution in [3.63, 3.8) is 0 Å². The van der Waals surface area contributed by atoms with E-state index in [9.17, 15) is 0 Å². The van der Waals surface area contributed by atoms with Crippen LogP contribution in [0.2, 0.25) is 0 Å². The molecule has 176 valence electrons. The number of rotatable bonds is 5. The van der Waals surface area contributed by atoms with Crippen molar-refractivity contribution in [2.75, 3.05) is 0 Å². The molecule has 0 aliphatic carbocycles. The summed E-state index contributed by atoms with van der Waals surface area (Å²) in [5.74, 6) is 0. The Balaban J connectivity index is 0.00000272. The number of benzene rings is 3. The fourth-order valence-electron chi connectivity index (χ4n) is 4.77. The molecule has 0 fully saturated rings. The predicted molar refractivity (Wildman–Crippen MR) is 134 cm³/mol. The maximum Gasteiger partial charge on any atom is 4.00 e. The third-order valence-corrected chi connectivity index (χ3v) is 9.76. The third kappa shape index (κ3) is 6.94. The standard InChI is InChI=1S/C29H31Si.3ClH.Ti/c1-20-11-9-15-26(17-20)30(27-16-10-12-21(2)18-27)19-28-23(4)22(3)24(5)29(28)25-13-7-6-8-14-25;;;;/h6-18,30H,19H2,1-5H3;3*1H;/q-1;;;;+4/p-3. The van der Waals surface area contributed by atoms with Gasteiger partial charge in [-0.15, -0.1) is 16.7 Å². The van der Waals surface area contributed by atoms with Gasteiger partial charge in [0.2, 0.25) is 0 Å². The summed E-state index contributed by atoms with van der Waals surface area (Å²) in [6, 6.07) is 30.5.